The largest absolute Gasteiger partial charge is 0.238 e. The molecule has 0 aliphatic carbocycles. The first kappa shape index (κ1) is 12.2. The average molecular weight is 206 g/mol. The van der Waals surface area contributed by atoms with Crippen molar-refractivity contribution in [2.45, 2.75) is 59.3 Å². The number of rotatable bonds is 4. The Morgan fingerprint density at radius 2 is 1.67 bits per heavy atom. The molecular formula is C13H22N2. The van der Waals surface area contributed by atoms with Crippen LogP contribution in [0.2, 0.25) is 0 Å². The zero-order valence-electron chi connectivity index (χ0n) is 10.6. The van der Waals surface area contributed by atoms with Crippen molar-refractivity contribution < 1.29 is 0 Å². The molecule has 1 unspecified atom stereocenters. The molecule has 0 N–H and O–H groups in total. The second-order valence-corrected chi connectivity index (χ2v) is 4.64. The lowest BCUT2D eigenvalue weighted by Gasteiger charge is -2.26. The number of hydrogen-bond donors (Lipinski definition) is 0. The Bertz CT molecular complexity index is 313. The highest BCUT2D eigenvalue weighted by molar-refractivity contribution is 5.14. The molecule has 1 rings (SSSR count). The van der Waals surface area contributed by atoms with Gasteiger partial charge in [0.05, 0.1) is 0 Å². The maximum Gasteiger partial charge on any atom is 0.134 e. The maximum absolute atomic E-state index is 4.58. The molecule has 0 spiro atoms. The van der Waals surface area contributed by atoms with Crippen LogP contribution in [0, 0.1) is 13.8 Å². The Labute approximate surface area is 93.2 Å². The molecule has 1 atom stereocenters. The summed E-state index contributed by atoms with van der Waals surface area (Å²) in [6.45, 7) is 10.8. The zero-order valence-corrected chi connectivity index (χ0v) is 10.6. The van der Waals surface area contributed by atoms with Crippen molar-refractivity contribution in [3.05, 3.63) is 23.3 Å². The summed E-state index contributed by atoms with van der Waals surface area (Å²) in [4.78, 5) is 9.17. The van der Waals surface area contributed by atoms with Crippen LogP contribution in [0.25, 0.3) is 0 Å². The van der Waals surface area contributed by atoms with Crippen LogP contribution in [0.1, 0.15) is 57.2 Å². The minimum Gasteiger partial charge on any atom is -0.238 e. The molecule has 0 amide bonds. The van der Waals surface area contributed by atoms with Gasteiger partial charge < -0.3 is 0 Å². The van der Waals surface area contributed by atoms with E-state index in [1.165, 1.54) is 6.42 Å². The monoisotopic (exact) mass is 206 g/mol. The van der Waals surface area contributed by atoms with E-state index >= 15 is 0 Å². The van der Waals surface area contributed by atoms with E-state index in [1.807, 2.05) is 19.9 Å². The number of hydrogen-bond acceptors (Lipinski definition) is 2. The normalized spacial score (nSPS) is 15.0. The van der Waals surface area contributed by atoms with Crippen molar-refractivity contribution >= 4 is 0 Å². The Balaban J connectivity index is 3.11. The molecule has 2 nitrogen and oxygen atoms in total. The lowest BCUT2D eigenvalue weighted by atomic mass is 9.82. The molecule has 1 aromatic rings. The summed E-state index contributed by atoms with van der Waals surface area (Å²) in [5.41, 5.74) is 2.30. The van der Waals surface area contributed by atoms with E-state index in [1.54, 1.807) is 0 Å². The van der Waals surface area contributed by atoms with Gasteiger partial charge in [0.2, 0.25) is 0 Å². The van der Waals surface area contributed by atoms with Gasteiger partial charge in [-0.2, -0.15) is 0 Å². The van der Waals surface area contributed by atoms with Crippen molar-refractivity contribution in [2.75, 3.05) is 0 Å². The van der Waals surface area contributed by atoms with Crippen molar-refractivity contribution in [3.63, 3.8) is 0 Å². The van der Waals surface area contributed by atoms with Gasteiger partial charge in [-0.3, -0.25) is 0 Å². The number of aromatic nitrogens is 2. The van der Waals surface area contributed by atoms with Crippen LogP contribution in [-0.2, 0) is 5.41 Å². The van der Waals surface area contributed by atoms with Crippen LogP contribution in [0.5, 0.6) is 0 Å². The van der Waals surface area contributed by atoms with Gasteiger partial charge in [-0.05, 0) is 32.8 Å². The molecule has 2 heteroatoms. The molecule has 1 heterocycles. The molecule has 0 saturated heterocycles. The summed E-state index contributed by atoms with van der Waals surface area (Å²) in [7, 11) is 0. The third-order valence-corrected chi connectivity index (χ3v) is 3.10. The van der Waals surface area contributed by atoms with Crippen LogP contribution >= 0.6 is 0 Å². The molecule has 0 aliphatic heterocycles. The molecule has 0 aliphatic rings. The smallest absolute Gasteiger partial charge is 0.134 e. The number of nitrogens with zero attached hydrogens (tertiary/aromatic N) is 2. The Morgan fingerprint density at radius 1 is 1.13 bits per heavy atom. The van der Waals surface area contributed by atoms with Gasteiger partial charge in [-0.1, -0.05) is 27.2 Å². The van der Waals surface area contributed by atoms with E-state index in [4.69, 9.17) is 0 Å². The lowest BCUT2D eigenvalue weighted by Crippen LogP contribution is -2.24. The topological polar surface area (TPSA) is 25.8 Å². The Kier molecular flexibility index (Phi) is 3.83. The van der Waals surface area contributed by atoms with E-state index in [0.717, 1.165) is 30.1 Å². The highest BCUT2D eigenvalue weighted by atomic mass is 14.9. The predicted molar refractivity (Wildman–Crippen MR) is 64.1 cm³/mol. The van der Waals surface area contributed by atoms with E-state index in [0.29, 0.717) is 0 Å². The van der Waals surface area contributed by atoms with Crippen molar-refractivity contribution in [1.29, 1.82) is 0 Å². The molecule has 84 valence electrons. The molecular weight excluding hydrogens is 184 g/mol. The Morgan fingerprint density at radius 3 is 2.07 bits per heavy atom. The third kappa shape index (κ3) is 2.77. The van der Waals surface area contributed by atoms with Gasteiger partial charge in [0.25, 0.3) is 0 Å². The molecule has 0 aromatic carbocycles. The fourth-order valence-corrected chi connectivity index (χ4v) is 1.99. The summed E-state index contributed by atoms with van der Waals surface area (Å²) in [6.07, 6.45) is 3.44. The summed E-state index contributed by atoms with van der Waals surface area (Å²) in [5, 5.41) is 0. The van der Waals surface area contributed by atoms with E-state index < -0.39 is 0 Å². The first-order valence-electron chi connectivity index (χ1n) is 5.84. The quantitative estimate of drug-likeness (QED) is 0.752. The van der Waals surface area contributed by atoms with Crippen LogP contribution in [0.15, 0.2) is 6.07 Å². The van der Waals surface area contributed by atoms with Crippen LogP contribution < -0.4 is 0 Å². The van der Waals surface area contributed by atoms with Crippen molar-refractivity contribution in [3.8, 4) is 0 Å². The summed E-state index contributed by atoms with van der Waals surface area (Å²) in [5.74, 6) is 1.02. The van der Waals surface area contributed by atoms with Crippen molar-refractivity contribution in [2.24, 2.45) is 0 Å². The first-order valence-corrected chi connectivity index (χ1v) is 5.84. The second kappa shape index (κ2) is 4.73. The third-order valence-electron chi connectivity index (χ3n) is 3.10. The molecule has 15 heavy (non-hydrogen) atoms. The van der Waals surface area contributed by atoms with E-state index in [2.05, 4.69) is 30.7 Å². The summed E-state index contributed by atoms with van der Waals surface area (Å²) < 4.78 is 0. The van der Waals surface area contributed by atoms with Gasteiger partial charge in [0, 0.05) is 16.8 Å². The van der Waals surface area contributed by atoms with E-state index in [9.17, 15) is 0 Å². The fourth-order valence-electron chi connectivity index (χ4n) is 1.99. The standard InChI is InChI=1S/C13H22N2/c1-6-8-13(5,7-2)12-14-10(3)9-11(4)15-12/h9H,6-8H2,1-5H3. The maximum atomic E-state index is 4.58. The van der Waals surface area contributed by atoms with Crippen LogP contribution in [0.3, 0.4) is 0 Å². The van der Waals surface area contributed by atoms with Crippen molar-refractivity contribution in [1.82, 2.24) is 9.97 Å². The SMILES string of the molecule is CCCC(C)(CC)c1nc(C)cc(C)n1. The van der Waals surface area contributed by atoms with Gasteiger partial charge in [0.15, 0.2) is 0 Å². The molecule has 1 aromatic heterocycles. The molecule has 0 radical (unpaired) electrons. The van der Waals surface area contributed by atoms with Gasteiger partial charge in [-0.25, -0.2) is 9.97 Å². The fraction of sp³-hybridized carbons (Fsp3) is 0.692. The number of aryl methyl sites for hydroxylation is 2. The van der Waals surface area contributed by atoms with Gasteiger partial charge in [-0.15, -0.1) is 0 Å². The van der Waals surface area contributed by atoms with Crippen LogP contribution in [0.4, 0.5) is 0 Å². The molecule has 0 saturated carbocycles. The minimum absolute atomic E-state index is 0.144. The lowest BCUT2D eigenvalue weighted by molar-refractivity contribution is 0.388. The minimum atomic E-state index is 0.144. The van der Waals surface area contributed by atoms with Gasteiger partial charge >= 0.3 is 0 Å². The first-order chi connectivity index (χ1) is 7.01. The Hall–Kier alpha value is -0.920. The zero-order chi connectivity index (χ0) is 11.5. The highest BCUT2D eigenvalue weighted by Gasteiger charge is 2.26. The van der Waals surface area contributed by atoms with Gasteiger partial charge in [0.1, 0.15) is 5.82 Å². The average Bonchev–Trinajstić information content (AvgIpc) is 2.16. The highest BCUT2D eigenvalue weighted by Crippen LogP contribution is 2.29. The predicted octanol–water partition coefficient (Wildman–Crippen LogP) is 3.56. The second-order valence-electron chi connectivity index (χ2n) is 4.64. The summed E-state index contributed by atoms with van der Waals surface area (Å²) >= 11 is 0. The molecule has 0 bridgehead atoms. The van der Waals surface area contributed by atoms with Crippen LogP contribution in [-0.4, -0.2) is 9.97 Å². The van der Waals surface area contributed by atoms with E-state index in [-0.39, 0.29) is 5.41 Å². The molecule has 0 fully saturated rings. The summed E-state index contributed by atoms with van der Waals surface area (Å²) in [6, 6.07) is 2.03.